The normalized spacial score (nSPS) is 10.1. The van der Waals surface area contributed by atoms with E-state index < -0.39 is 0 Å². The van der Waals surface area contributed by atoms with E-state index in [1.807, 2.05) is 0 Å². The van der Waals surface area contributed by atoms with Crippen molar-refractivity contribution < 1.29 is 4.39 Å². The lowest BCUT2D eigenvalue weighted by molar-refractivity contribution is 0.627. The van der Waals surface area contributed by atoms with Crippen LogP contribution >= 0.6 is 0 Å². The Hall–Kier alpha value is -2.17. The maximum absolute atomic E-state index is 13.5. The number of benzene rings is 1. The molecule has 0 amide bonds. The zero-order valence-electron chi connectivity index (χ0n) is 8.76. The molecule has 0 radical (unpaired) electrons. The standard InChI is InChI=1S/C11H11FN4/c1-16(9-5-3-2-4-8(9)12)11-7-6-10(13)14-15-11/h2-7H,1H3,(H2,13,14). The van der Waals surface area contributed by atoms with E-state index in [0.29, 0.717) is 17.3 Å². The molecule has 0 aliphatic carbocycles. The van der Waals surface area contributed by atoms with Gasteiger partial charge in [-0.25, -0.2) is 4.39 Å². The van der Waals surface area contributed by atoms with Crippen molar-refractivity contribution in [1.29, 1.82) is 0 Å². The van der Waals surface area contributed by atoms with Gasteiger partial charge < -0.3 is 10.6 Å². The van der Waals surface area contributed by atoms with E-state index >= 15 is 0 Å². The highest BCUT2D eigenvalue weighted by Crippen LogP contribution is 2.23. The van der Waals surface area contributed by atoms with E-state index in [9.17, 15) is 4.39 Å². The van der Waals surface area contributed by atoms with Gasteiger partial charge in [0.25, 0.3) is 0 Å². The van der Waals surface area contributed by atoms with Gasteiger partial charge in [0.2, 0.25) is 0 Å². The predicted molar refractivity (Wildman–Crippen MR) is 60.9 cm³/mol. The van der Waals surface area contributed by atoms with Crippen LogP contribution in [0.2, 0.25) is 0 Å². The third-order valence-corrected chi connectivity index (χ3v) is 2.23. The van der Waals surface area contributed by atoms with Crippen LogP contribution in [-0.4, -0.2) is 17.2 Å². The van der Waals surface area contributed by atoms with Crippen LogP contribution in [0, 0.1) is 5.82 Å². The van der Waals surface area contributed by atoms with Crippen molar-refractivity contribution in [1.82, 2.24) is 10.2 Å². The molecule has 2 aromatic rings. The average molecular weight is 218 g/mol. The number of hydrogen-bond acceptors (Lipinski definition) is 4. The Morgan fingerprint density at radius 3 is 2.50 bits per heavy atom. The molecule has 1 aromatic carbocycles. The molecule has 5 heteroatoms. The van der Waals surface area contributed by atoms with Gasteiger partial charge >= 0.3 is 0 Å². The second kappa shape index (κ2) is 4.14. The first-order valence-corrected chi connectivity index (χ1v) is 4.76. The molecule has 0 unspecified atom stereocenters. The van der Waals surface area contributed by atoms with Gasteiger partial charge in [0, 0.05) is 7.05 Å². The molecule has 0 saturated heterocycles. The van der Waals surface area contributed by atoms with Crippen molar-refractivity contribution in [2.24, 2.45) is 0 Å². The van der Waals surface area contributed by atoms with Gasteiger partial charge in [0.1, 0.15) is 11.6 Å². The van der Waals surface area contributed by atoms with Crippen molar-refractivity contribution in [3.8, 4) is 0 Å². The van der Waals surface area contributed by atoms with Crippen molar-refractivity contribution >= 4 is 17.3 Å². The molecule has 4 nitrogen and oxygen atoms in total. The molecule has 1 heterocycles. The second-order valence-electron chi connectivity index (χ2n) is 3.33. The van der Waals surface area contributed by atoms with Gasteiger partial charge in [-0.3, -0.25) is 0 Å². The smallest absolute Gasteiger partial charge is 0.155 e. The summed E-state index contributed by atoms with van der Waals surface area (Å²) in [4.78, 5) is 1.61. The Labute approximate surface area is 92.5 Å². The van der Waals surface area contributed by atoms with E-state index in [4.69, 9.17) is 5.73 Å². The Morgan fingerprint density at radius 2 is 1.88 bits per heavy atom. The minimum absolute atomic E-state index is 0.302. The highest BCUT2D eigenvalue weighted by molar-refractivity contribution is 5.59. The zero-order chi connectivity index (χ0) is 11.5. The van der Waals surface area contributed by atoms with Crippen LogP contribution in [-0.2, 0) is 0 Å². The molecule has 0 saturated carbocycles. The first-order valence-electron chi connectivity index (χ1n) is 4.76. The van der Waals surface area contributed by atoms with Crippen molar-refractivity contribution in [2.45, 2.75) is 0 Å². The fourth-order valence-electron chi connectivity index (χ4n) is 1.36. The summed E-state index contributed by atoms with van der Waals surface area (Å²) >= 11 is 0. The van der Waals surface area contributed by atoms with Crippen LogP contribution in [0.5, 0.6) is 0 Å². The number of nitrogen functional groups attached to an aromatic ring is 1. The molecule has 0 bridgehead atoms. The number of halogens is 1. The molecule has 0 aliphatic heterocycles. The average Bonchev–Trinajstić information content (AvgIpc) is 2.30. The summed E-state index contributed by atoms with van der Waals surface area (Å²) in [5.41, 5.74) is 5.88. The van der Waals surface area contributed by atoms with Gasteiger partial charge in [0.15, 0.2) is 5.82 Å². The number of aromatic nitrogens is 2. The minimum atomic E-state index is -0.302. The van der Waals surface area contributed by atoms with Gasteiger partial charge in [0.05, 0.1) is 5.69 Å². The van der Waals surface area contributed by atoms with Crippen LogP contribution in [0.1, 0.15) is 0 Å². The minimum Gasteiger partial charge on any atom is -0.382 e. The highest BCUT2D eigenvalue weighted by atomic mass is 19.1. The van der Waals surface area contributed by atoms with E-state index in [1.165, 1.54) is 6.07 Å². The summed E-state index contributed by atoms with van der Waals surface area (Å²) in [5.74, 6) is 0.577. The fourth-order valence-corrected chi connectivity index (χ4v) is 1.36. The number of hydrogen-bond donors (Lipinski definition) is 1. The summed E-state index contributed by atoms with van der Waals surface area (Å²) in [6.45, 7) is 0. The number of rotatable bonds is 2. The van der Waals surface area contributed by atoms with Crippen LogP contribution in [0.3, 0.4) is 0 Å². The second-order valence-corrected chi connectivity index (χ2v) is 3.33. The molecule has 82 valence electrons. The van der Waals surface area contributed by atoms with Crippen molar-refractivity contribution in [3.63, 3.8) is 0 Å². The van der Waals surface area contributed by atoms with Crippen LogP contribution in [0.4, 0.5) is 21.7 Å². The lowest BCUT2D eigenvalue weighted by atomic mass is 10.3. The van der Waals surface area contributed by atoms with Crippen LogP contribution < -0.4 is 10.6 Å². The lowest BCUT2D eigenvalue weighted by Gasteiger charge is -2.17. The monoisotopic (exact) mass is 218 g/mol. The third kappa shape index (κ3) is 1.93. The predicted octanol–water partition coefficient (Wildman–Crippen LogP) is 1.97. The Kier molecular flexibility index (Phi) is 2.68. The topological polar surface area (TPSA) is 55.0 Å². The summed E-state index contributed by atoms with van der Waals surface area (Å²) < 4.78 is 13.5. The lowest BCUT2D eigenvalue weighted by Crippen LogP contribution is -2.13. The maximum Gasteiger partial charge on any atom is 0.155 e. The third-order valence-electron chi connectivity index (χ3n) is 2.23. The first-order chi connectivity index (χ1) is 7.68. The Bertz CT molecular complexity index is 484. The molecule has 0 aliphatic rings. The molecule has 16 heavy (non-hydrogen) atoms. The molecule has 0 atom stereocenters. The van der Waals surface area contributed by atoms with Crippen LogP contribution in [0.25, 0.3) is 0 Å². The van der Waals surface area contributed by atoms with Gasteiger partial charge in [-0.05, 0) is 24.3 Å². The highest BCUT2D eigenvalue weighted by Gasteiger charge is 2.09. The largest absolute Gasteiger partial charge is 0.382 e. The van der Waals surface area contributed by atoms with Crippen molar-refractivity contribution in [2.75, 3.05) is 17.7 Å². The zero-order valence-corrected chi connectivity index (χ0v) is 8.76. The van der Waals surface area contributed by atoms with E-state index in [0.717, 1.165) is 0 Å². The van der Waals surface area contributed by atoms with E-state index in [2.05, 4.69) is 10.2 Å². The summed E-state index contributed by atoms with van der Waals surface area (Å²) in [6.07, 6.45) is 0. The molecule has 2 rings (SSSR count). The quantitative estimate of drug-likeness (QED) is 0.837. The SMILES string of the molecule is CN(c1ccc(N)nn1)c1ccccc1F. The molecular weight excluding hydrogens is 207 g/mol. The van der Waals surface area contributed by atoms with Crippen LogP contribution in [0.15, 0.2) is 36.4 Å². The van der Waals surface area contributed by atoms with Gasteiger partial charge in [-0.15, -0.1) is 10.2 Å². The molecule has 0 fully saturated rings. The van der Waals surface area contributed by atoms with E-state index in [-0.39, 0.29) is 5.82 Å². The molecule has 0 spiro atoms. The number of nitrogens with zero attached hydrogens (tertiary/aromatic N) is 3. The molecular formula is C11H11FN4. The Balaban J connectivity index is 2.35. The maximum atomic E-state index is 13.5. The fraction of sp³-hybridized carbons (Fsp3) is 0.0909. The van der Waals surface area contributed by atoms with Gasteiger partial charge in [-0.2, -0.15) is 0 Å². The number of anilines is 3. The van der Waals surface area contributed by atoms with E-state index in [1.54, 1.807) is 42.3 Å². The molecule has 2 N–H and O–H groups in total. The summed E-state index contributed by atoms with van der Waals surface area (Å²) in [6, 6.07) is 9.79. The summed E-state index contributed by atoms with van der Waals surface area (Å²) in [5, 5.41) is 7.60. The molecule has 1 aromatic heterocycles. The Morgan fingerprint density at radius 1 is 1.12 bits per heavy atom. The first kappa shape index (κ1) is 10.4. The summed E-state index contributed by atoms with van der Waals surface area (Å²) in [7, 11) is 1.72. The van der Waals surface area contributed by atoms with Crippen molar-refractivity contribution in [3.05, 3.63) is 42.2 Å². The van der Waals surface area contributed by atoms with Gasteiger partial charge in [-0.1, -0.05) is 12.1 Å². The number of para-hydroxylation sites is 1. The number of nitrogens with two attached hydrogens (primary N) is 1.